The van der Waals surface area contributed by atoms with Crippen LogP contribution in [0.15, 0.2) is 12.7 Å². The molecule has 0 saturated carbocycles. The molecule has 15 heavy (non-hydrogen) atoms. The lowest BCUT2D eigenvalue weighted by Crippen LogP contribution is -2.08. The molecule has 2 N–H and O–H groups in total. The number of nitrogens with zero attached hydrogens (tertiary/aromatic N) is 5. The van der Waals surface area contributed by atoms with E-state index in [4.69, 9.17) is 10.5 Å². The van der Waals surface area contributed by atoms with E-state index in [1.165, 1.54) is 24.4 Å². The minimum Gasteiger partial charge on any atom is -0.479 e. The summed E-state index contributed by atoms with van der Waals surface area (Å²) in [7, 11) is 1.52. The average Bonchev–Trinajstić information content (AvgIpc) is 2.69. The summed E-state index contributed by atoms with van der Waals surface area (Å²) in [4.78, 5) is 12.0. The molecular formula is C8H10N6O. The Labute approximate surface area is 85.9 Å². The van der Waals surface area contributed by atoms with E-state index in [1.807, 2.05) is 0 Å². The maximum Gasteiger partial charge on any atom is 0.245 e. The van der Waals surface area contributed by atoms with Crippen LogP contribution in [0.5, 0.6) is 5.88 Å². The van der Waals surface area contributed by atoms with Gasteiger partial charge in [0.25, 0.3) is 0 Å². The first-order valence-electron chi connectivity index (χ1n) is 4.25. The van der Waals surface area contributed by atoms with Crippen LogP contribution in [0.2, 0.25) is 0 Å². The lowest BCUT2D eigenvalue weighted by Gasteiger charge is -2.09. The lowest BCUT2D eigenvalue weighted by molar-refractivity contribution is 0.393. The topological polar surface area (TPSA) is 91.7 Å². The third-order valence-corrected chi connectivity index (χ3v) is 1.83. The number of aromatic nitrogens is 5. The highest BCUT2D eigenvalue weighted by Gasteiger charge is 2.13. The lowest BCUT2D eigenvalue weighted by atomic mass is 10.4. The molecule has 0 amide bonds. The first-order chi connectivity index (χ1) is 7.22. The normalized spacial score (nSPS) is 10.3. The Morgan fingerprint density at radius 1 is 1.40 bits per heavy atom. The molecule has 0 saturated heterocycles. The monoisotopic (exact) mass is 206 g/mol. The maximum absolute atomic E-state index is 5.77. The second-order valence-corrected chi connectivity index (χ2v) is 2.85. The molecule has 0 bridgehead atoms. The zero-order valence-electron chi connectivity index (χ0n) is 8.38. The SMILES string of the molecule is COc1nc(C)nc(N)c1-n1cncn1. The van der Waals surface area contributed by atoms with Crippen molar-refractivity contribution in [1.82, 2.24) is 24.7 Å². The van der Waals surface area contributed by atoms with Crippen molar-refractivity contribution in [1.29, 1.82) is 0 Å². The van der Waals surface area contributed by atoms with Crippen molar-refractivity contribution in [2.24, 2.45) is 0 Å². The zero-order valence-corrected chi connectivity index (χ0v) is 8.38. The van der Waals surface area contributed by atoms with Gasteiger partial charge in [0, 0.05) is 0 Å². The van der Waals surface area contributed by atoms with Crippen molar-refractivity contribution >= 4 is 5.82 Å². The van der Waals surface area contributed by atoms with Crippen LogP contribution >= 0.6 is 0 Å². The van der Waals surface area contributed by atoms with Gasteiger partial charge in [-0.05, 0) is 6.92 Å². The van der Waals surface area contributed by atoms with Crippen molar-refractivity contribution in [3.05, 3.63) is 18.5 Å². The van der Waals surface area contributed by atoms with Gasteiger partial charge in [-0.3, -0.25) is 0 Å². The molecule has 7 heteroatoms. The summed E-state index contributed by atoms with van der Waals surface area (Å²) >= 11 is 0. The zero-order chi connectivity index (χ0) is 10.8. The Hall–Kier alpha value is -2.18. The number of aryl methyl sites for hydroxylation is 1. The number of methoxy groups -OCH3 is 1. The molecule has 0 aliphatic rings. The van der Waals surface area contributed by atoms with Gasteiger partial charge in [-0.25, -0.2) is 14.6 Å². The van der Waals surface area contributed by atoms with Gasteiger partial charge in [0.1, 0.15) is 18.5 Å². The summed E-state index contributed by atoms with van der Waals surface area (Å²) in [5, 5.41) is 3.95. The molecule has 78 valence electrons. The van der Waals surface area contributed by atoms with Crippen LogP contribution in [-0.4, -0.2) is 31.8 Å². The van der Waals surface area contributed by atoms with E-state index >= 15 is 0 Å². The van der Waals surface area contributed by atoms with E-state index < -0.39 is 0 Å². The fourth-order valence-corrected chi connectivity index (χ4v) is 1.24. The molecule has 0 aliphatic carbocycles. The first-order valence-corrected chi connectivity index (χ1v) is 4.25. The number of nitrogens with two attached hydrogens (primary N) is 1. The van der Waals surface area contributed by atoms with Crippen LogP contribution in [0.1, 0.15) is 5.82 Å². The van der Waals surface area contributed by atoms with E-state index in [-0.39, 0.29) is 0 Å². The number of hydrogen-bond donors (Lipinski definition) is 1. The summed E-state index contributed by atoms with van der Waals surface area (Å²) in [5.41, 5.74) is 6.27. The Balaban J connectivity index is 2.64. The van der Waals surface area contributed by atoms with Crippen molar-refractivity contribution in [3.8, 4) is 11.6 Å². The van der Waals surface area contributed by atoms with Crippen LogP contribution in [0.4, 0.5) is 5.82 Å². The molecule has 0 atom stereocenters. The van der Waals surface area contributed by atoms with Gasteiger partial charge in [0.2, 0.25) is 5.88 Å². The Morgan fingerprint density at radius 3 is 2.80 bits per heavy atom. The average molecular weight is 206 g/mol. The van der Waals surface area contributed by atoms with Crippen LogP contribution < -0.4 is 10.5 Å². The van der Waals surface area contributed by atoms with E-state index in [9.17, 15) is 0 Å². The Kier molecular flexibility index (Phi) is 2.20. The fraction of sp³-hybridized carbons (Fsp3) is 0.250. The molecule has 0 unspecified atom stereocenters. The molecule has 2 rings (SSSR count). The molecule has 0 spiro atoms. The standard InChI is InChI=1S/C8H10N6O/c1-5-12-7(9)6(8(13-5)15-2)14-4-10-3-11-14/h3-4H,1-2H3,(H2,9,12,13). The maximum atomic E-state index is 5.77. The summed E-state index contributed by atoms with van der Waals surface area (Å²) in [6, 6.07) is 0. The highest BCUT2D eigenvalue weighted by Crippen LogP contribution is 2.23. The second kappa shape index (κ2) is 3.52. The van der Waals surface area contributed by atoms with E-state index in [1.54, 1.807) is 6.92 Å². The van der Waals surface area contributed by atoms with Gasteiger partial charge in [0.05, 0.1) is 7.11 Å². The molecule has 0 radical (unpaired) electrons. The molecule has 7 nitrogen and oxygen atoms in total. The molecule has 0 fully saturated rings. The van der Waals surface area contributed by atoms with Gasteiger partial charge in [-0.1, -0.05) is 0 Å². The predicted molar refractivity (Wildman–Crippen MR) is 52.7 cm³/mol. The van der Waals surface area contributed by atoms with Crippen LogP contribution in [-0.2, 0) is 0 Å². The molecular weight excluding hydrogens is 196 g/mol. The van der Waals surface area contributed by atoms with E-state index in [0.717, 1.165) is 0 Å². The minimum absolute atomic E-state index is 0.310. The van der Waals surface area contributed by atoms with Gasteiger partial charge < -0.3 is 10.5 Å². The van der Waals surface area contributed by atoms with Crippen molar-refractivity contribution in [2.45, 2.75) is 6.92 Å². The molecule has 2 aromatic heterocycles. The van der Waals surface area contributed by atoms with Gasteiger partial charge >= 0.3 is 0 Å². The largest absolute Gasteiger partial charge is 0.479 e. The molecule has 2 heterocycles. The number of nitrogen functional groups attached to an aromatic ring is 1. The number of ether oxygens (including phenoxy) is 1. The Bertz CT molecular complexity index is 466. The van der Waals surface area contributed by atoms with Crippen molar-refractivity contribution in [2.75, 3.05) is 12.8 Å². The molecule has 2 aromatic rings. The third kappa shape index (κ3) is 1.58. The quantitative estimate of drug-likeness (QED) is 0.741. The summed E-state index contributed by atoms with van der Waals surface area (Å²) < 4.78 is 6.58. The fourth-order valence-electron chi connectivity index (χ4n) is 1.24. The summed E-state index contributed by atoms with van der Waals surface area (Å²) in [6.45, 7) is 1.74. The second-order valence-electron chi connectivity index (χ2n) is 2.85. The minimum atomic E-state index is 0.310. The Morgan fingerprint density at radius 2 is 2.20 bits per heavy atom. The van der Waals surface area contributed by atoms with Crippen LogP contribution in [0, 0.1) is 6.92 Å². The summed E-state index contributed by atoms with van der Waals surface area (Å²) in [6.07, 6.45) is 2.91. The number of anilines is 1. The smallest absolute Gasteiger partial charge is 0.245 e. The third-order valence-electron chi connectivity index (χ3n) is 1.83. The van der Waals surface area contributed by atoms with E-state index in [0.29, 0.717) is 23.2 Å². The highest BCUT2D eigenvalue weighted by atomic mass is 16.5. The summed E-state index contributed by atoms with van der Waals surface area (Å²) in [5.74, 6) is 1.24. The van der Waals surface area contributed by atoms with Crippen molar-refractivity contribution < 1.29 is 4.74 Å². The van der Waals surface area contributed by atoms with Crippen molar-refractivity contribution in [3.63, 3.8) is 0 Å². The van der Waals surface area contributed by atoms with E-state index in [2.05, 4.69) is 20.1 Å². The first kappa shape index (κ1) is 9.38. The van der Waals surface area contributed by atoms with Crippen LogP contribution in [0.25, 0.3) is 5.69 Å². The highest BCUT2D eigenvalue weighted by molar-refractivity contribution is 5.57. The predicted octanol–water partition coefficient (Wildman–Crippen LogP) is -0.0435. The number of rotatable bonds is 2. The molecule has 0 aromatic carbocycles. The van der Waals surface area contributed by atoms with Gasteiger partial charge in [-0.2, -0.15) is 10.1 Å². The number of hydrogen-bond acceptors (Lipinski definition) is 6. The van der Waals surface area contributed by atoms with Gasteiger partial charge in [0.15, 0.2) is 11.5 Å². The van der Waals surface area contributed by atoms with Gasteiger partial charge in [-0.15, -0.1) is 0 Å². The van der Waals surface area contributed by atoms with Crippen LogP contribution in [0.3, 0.4) is 0 Å². The molecule has 0 aliphatic heterocycles.